The number of nitrogens with zero attached hydrogens (tertiary/aromatic N) is 5. The second-order valence-electron chi connectivity index (χ2n) is 6.67. The quantitative estimate of drug-likeness (QED) is 0.809. The molecule has 3 rings (SSSR count). The average molecular weight is 329 g/mol. The van der Waals surface area contributed by atoms with Crippen LogP contribution < -0.4 is 4.74 Å². The number of benzene rings is 1. The lowest BCUT2D eigenvalue weighted by Crippen LogP contribution is -2.34. The van der Waals surface area contributed by atoms with Gasteiger partial charge in [-0.1, -0.05) is 12.1 Å². The minimum absolute atomic E-state index is 0.563. The molecule has 6 nitrogen and oxygen atoms in total. The van der Waals surface area contributed by atoms with Gasteiger partial charge in [-0.2, -0.15) is 0 Å². The predicted molar refractivity (Wildman–Crippen MR) is 93.9 cm³/mol. The first-order chi connectivity index (χ1) is 11.6. The van der Waals surface area contributed by atoms with Gasteiger partial charge in [0, 0.05) is 32.7 Å². The Labute approximate surface area is 144 Å². The van der Waals surface area contributed by atoms with Gasteiger partial charge in [-0.15, -0.1) is 10.2 Å². The topological polar surface area (TPSA) is 46.4 Å². The minimum Gasteiger partial charge on any atom is -0.497 e. The Kier molecular flexibility index (Phi) is 5.16. The summed E-state index contributed by atoms with van der Waals surface area (Å²) in [5.41, 5.74) is 1.31. The van der Waals surface area contributed by atoms with Gasteiger partial charge in [-0.05, 0) is 38.1 Å². The second kappa shape index (κ2) is 7.32. The third kappa shape index (κ3) is 3.76. The van der Waals surface area contributed by atoms with E-state index in [1.165, 1.54) is 12.0 Å². The Bertz CT molecular complexity index is 684. The second-order valence-corrected chi connectivity index (χ2v) is 6.67. The Morgan fingerprint density at radius 3 is 2.88 bits per heavy atom. The lowest BCUT2D eigenvalue weighted by Gasteiger charge is -2.24. The van der Waals surface area contributed by atoms with E-state index in [1.807, 2.05) is 20.0 Å². The lowest BCUT2D eigenvalue weighted by atomic mass is 10.2. The molecule has 1 aromatic heterocycles. The van der Waals surface area contributed by atoms with Gasteiger partial charge in [0.1, 0.15) is 17.4 Å². The van der Waals surface area contributed by atoms with Gasteiger partial charge in [0.05, 0.1) is 13.7 Å². The molecule has 2 aromatic rings. The molecule has 1 saturated heterocycles. The molecule has 0 aliphatic carbocycles. The SMILES string of the molecule is COc1cccc(CN2CC[C@@H](N(C)Cc3nnc(C)n3C)C2)c1. The summed E-state index contributed by atoms with van der Waals surface area (Å²) in [7, 11) is 5.93. The number of aromatic nitrogens is 3. The van der Waals surface area contributed by atoms with Crippen molar-refractivity contribution >= 4 is 0 Å². The van der Waals surface area contributed by atoms with E-state index in [0.29, 0.717) is 6.04 Å². The van der Waals surface area contributed by atoms with Gasteiger partial charge in [-0.25, -0.2) is 0 Å². The van der Waals surface area contributed by atoms with Gasteiger partial charge in [0.2, 0.25) is 0 Å². The molecule has 0 unspecified atom stereocenters. The minimum atomic E-state index is 0.563. The molecular weight excluding hydrogens is 302 g/mol. The van der Waals surface area contributed by atoms with Crippen molar-refractivity contribution < 1.29 is 4.74 Å². The highest BCUT2D eigenvalue weighted by atomic mass is 16.5. The summed E-state index contributed by atoms with van der Waals surface area (Å²) in [4.78, 5) is 4.91. The summed E-state index contributed by atoms with van der Waals surface area (Å²) in [5.74, 6) is 2.92. The number of rotatable bonds is 6. The monoisotopic (exact) mass is 329 g/mol. The molecule has 0 radical (unpaired) electrons. The zero-order valence-corrected chi connectivity index (χ0v) is 15.1. The summed E-state index contributed by atoms with van der Waals surface area (Å²) >= 11 is 0. The molecule has 0 N–H and O–H groups in total. The van der Waals surface area contributed by atoms with Gasteiger partial charge in [0.15, 0.2) is 0 Å². The van der Waals surface area contributed by atoms with E-state index in [1.54, 1.807) is 7.11 Å². The smallest absolute Gasteiger partial charge is 0.146 e. The average Bonchev–Trinajstić information content (AvgIpc) is 3.17. The van der Waals surface area contributed by atoms with Gasteiger partial charge < -0.3 is 9.30 Å². The molecule has 130 valence electrons. The van der Waals surface area contributed by atoms with Crippen LogP contribution in [0.2, 0.25) is 0 Å². The molecule has 1 fully saturated rings. The fourth-order valence-corrected chi connectivity index (χ4v) is 3.29. The van der Waals surface area contributed by atoms with Crippen molar-refractivity contribution in [1.82, 2.24) is 24.6 Å². The Balaban J connectivity index is 1.55. The number of hydrogen-bond donors (Lipinski definition) is 0. The molecule has 0 bridgehead atoms. The number of likely N-dealkylation sites (tertiary alicyclic amines) is 1. The number of ether oxygens (including phenoxy) is 1. The summed E-state index contributed by atoms with van der Waals surface area (Å²) < 4.78 is 7.39. The molecule has 0 saturated carbocycles. The number of likely N-dealkylation sites (N-methyl/N-ethyl adjacent to an activating group) is 1. The van der Waals surface area contributed by atoms with Crippen molar-refractivity contribution in [2.24, 2.45) is 7.05 Å². The Morgan fingerprint density at radius 2 is 2.17 bits per heavy atom. The fraction of sp³-hybridized carbons (Fsp3) is 0.556. The summed E-state index contributed by atoms with van der Waals surface area (Å²) in [6.45, 7) is 6.02. The number of aryl methyl sites for hydroxylation is 1. The van der Waals surface area contributed by atoms with Gasteiger partial charge >= 0.3 is 0 Å². The van der Waals surface area contributed by atoms with Crippen LogP contribution in [-0.2, 0) is 20.1 Å². The molecule has 0 amide bonds. The molecule has 24 heavy (non-hydrogen) atoms. The van der Waals surface area contributed by atoms with Crippen LogP contribution in [0, 0.1) is 6.92 Å². The van der Waals surface area contributed by atoms with Gasteiger partial charge in [-0.3, -0.25) is 9.80 Å². The van der Waals surface area contributed by atoms with Crippen LogP contribution in [0.5, 0.6) is 5.75 Å². The van der Waals surface area contributed by atoms with E-state index in [9.17, 15) is 0 Å². The summed E-state index contributed by atoms with van der Waals surface area (Å²) in [6, 6.07) is 8.91. The third-order valence-electron chi connectivity index (χ3n) is 4.98. The van der Waals surface area contributed by atoms with E-state index in [2.05, 4.69) is 49.8 Å². The predicted octanol–water partition coefficient (Wildman–Crippen LogP) is 1.84. The normalized spacial score (nSPS) is 18.5. The van der Waals surface area contributed by atoms with Crippen LogP contribution in [0.3, 0.4) is 0 Å². The highest BCUT2D eigenvalue weighted by Crippen LogP contribution is 2.20. The number of hydrogen-bond acceptors (Lipinski definition) is 5. The maximum atomic E-state index is 5.32. The van der Waals surface area contributed by atoms with E-state index >= 15 is 0 Å². The van der Waals surface area contributed by atoms with Crippen LogP contribution in [0.25, 0.3) is 0 Å². The molecule has 1 aliphatic rings. The molecule has 1 aliphatic heterocycles. The molecule has 0 spiro atoms. The highest BCUT2D eigenvalue weighted by molar-refractivity contribution is 5.28. The van der Waals surface area contributed by atoms with Crippen LogP contribution in [-0.4, -0.2) is 57.9 Å². The van der Waals surface area contributed by atoms with Crippen molar-refractivity contribution in [2.75, 3.05) is 27.2 Å². The maximum Gasteiger partial charge on any atom is 0.146 e. The van der Waals surface area contributed by atoms with E-state index in [-0.39, 0.29) is 0 Å². The first-order valence-corrected chi connectivity index (χ1v) is 8.47. The van der Waals surface area contributed by atoms with Crippen molar-refractivity contribution in [3.05, 3.63) is 41.5 Å². The first kappa shape index (κ1) is 16.9. The van der Waals surface area contributed by atoms with Crippen LogP contribution in [0.4, 0.5) is 0 Å². The van der Waals surface area contributed by atoms with E-state index in [4.69, 9.17) is 4.74 Å². The standard InChI is InChI=1S/C18H27N5O/c1-14-19-20-18(22(14)3)13-21(2)16-8-9-23(12-16)11-15-6-5-7-17(10-15)24-4/h5-7,10,16H,8-9,11-13H2,1-4H3/t16-/m1/s1. The maximum absolute atomic E-state index is 5.32. The molecule has 6 heteroatoms. The zero-order chi connectivity index (χ0) is 17.1. The summed E-state index contributed by atoms with van der Waals surface area (Å²) in [5, 5.41) is 8.42. The van der Waals surface area contributed by atoms with Crippen molar-refractivity contribution in [3.8, 4) is 5.75 Å². The third-order valence-corrected chi connectivity index (χ3v) is 4.98. The summed E-state index contributed by atoms with van der Waals surface area (Å²) in [6.07, 6.45) is 1.19. The highest BCUT2D eigenvalue weighted by Gasteiger charge is 2.26. The fourth-order valence-electron chi connectivity index (χ4n) is 3.29. The molecular formula is C18H27N5O. The Hall–Kier alpha value is -1.92. The van der Waals surface area contributed by atoms with Gasteiger partial charge in [0.25, 0.3) is 0 Å². The van der Waals surface area contributed by atoms with Crippen LogP contribution in [0.15, 0.2) is 24.3 Å². The molecule has 1 aromatic carbocycles. The van der Waals surface area contributed by atoms with E-state index in [0.717, 1.165) is 43.6 Å². The van der Waals surface area contributed by atoms with Crippen molar-refractivity contribution in [2.45, 2.75) is 32.5 Å². The van der Waals surface area contributed by atoms with Crippen molar-refractivity contribution in [1.29, 1.82) is 0 Å². The van der Waals surface area contributed by atoms with Crippen LogP contribution in [0.1, 0.15) is 23.6 Å². The first-order valence-electron chi connectivity index (χ1n) is 8.47. The Morgan fingerprint density at radius 1 is 1.33 bits per heavy atom. The molecule has 2 heterocycles. The van der Waals surface area contributed by atoms with Crippen LogP contribution >= 0.6 is 0 Å². The number of methoxy groups -OCH3 is 1. The lowest BCUT2D eigenvalue weighted by molar-refractivity contribution is 0.216. The van der Waals surface area contributed by atoms with E-state index < -0.39 is 0 Å². The largest absolute Gasteiger partial charge is 0.497 e. The van der Waals surface area contributed by atoms with Crippen molar-refractivity contribution in [3.63, 3.8) is 0 Å². The molecule has 1 atom stereocenters. The zero-order valence-electron chi connectivity index (χ0n) is 15.1.